The Labute approximate surface area is 91.9 Å². The minimum atomic E-state index is 0.253. The van der Waals surface area contributed by atoms with E-state index in [1.807, 2.05) is 26.1 Å². The minimum Gasteiger partial charge on any atom is -0.489 e. The van der Waals surface area contributed by atoms with Crippen LogP contribution in [0.4, 0.5) is 0 Å². The van der Waals surface area contributed by atoms with Crippen molar-refractivity contribution in [2.45, 2.75) is 32.8 Å². The second-order valence-corrected chi connectivity index (χ2v) is 3.81. The molecular weight excluding hydrogens is 188 g/mol. The Balaban J connectivity index is 2.31. The summed E-state index contributed by atoms with van der Waals surface area (Å²) in [6.07, 6.45) is 4.23. The van der Waals surface area contributed by atoms with E-state index >= 15 is 0 Å². The zero-order valence-electron chi connectivity index (χ0n) is 9.79. The minimum absolute atomic E-state index is 0.253. The summed E-state index contributed by atoms with van der Waals surface area (Å²) in [5.41, 5.74) is 1.02. The average Bonchev–Trinajstić information content (AvgIpc) is 2.22. The third-order valence-electron chi connectivity index (χ3n) is 2.26. The Morgan fingerprint density at radius 1 is 1.47 bits per heavy atom. The number of pyridine rings is 1. The summed E-state index contributed by atoms with van der Waals surface area (Å²) in [4.78, 5) is 4.19. The van der Waals surface area contributed by atoms with Crippen molar-refractivity contribution in [3.63, 3.8) is 0 Å². The number of nitrogens with one attached hydrogen (secondary N) is 1. The molecule has 1 N–H and O–H groups in total. The lowest BCUT2D eigenvalue weighted by atomic mass is 10.2. The zero-order chi connectivity index (χ0) is 11.1. The number of aromatic nitrogens is 1. The summed E-state index contributed by atoms with van der Waals surface area (Å²) in [6, 6.07) is 3.94. The molecule has 1 atom stereocenters. The molecule has 3 nitrogen and oxygen atoms in total. The van der Waals surface area contributed by atoms with Crippen molar-refractivity contribution in [3.05, 3.63) is 24.0 Å². The Morgan fingerprint density at radius 2 is 2.27 bits per heavy atom. The van der Waals surface area contributed by atoms with E-state index in [9.17, 15) is 0 Å². The smallest absolute Gasteiger partial charge is 0.138 e. The fourth-order valence-electron chi connectivity index (χ4n) is 1.38. The molecule has 1 rings (SSSR count). The molecule has 1 aromatic rings. The number of aryl methyl sites for hydroxylation is 1. The first-order valence-electron chi connectivity index (χ1n) is 5.46. The maximum absolute atomic E-state index is 5.73. The molecule has 0 aliphatic rings. The van der Waals surface area contributed by atoms with Gasteiger partial charge in [0.15, 0.2) is 0 Å². The Kier molecular flexibility index (Phi) is 5.12. The standard InChI is InChI=1S/C12H20N2O/c1-10-6-7-12(9-14-10)15-11(2)5-4-8-13-3/h6-7,9,11,13H,4-5,8H2,1-3H3. The second kappa shape index (κ2) is 6.40. The highest BCUT2D eigenvalue weighted by molar-refractivity contribution is 5.19. The number of rotatable bonds is 6. The van der Waals surface area contributed by atoms with Crippen LogP contribution in [0.2, 0.25) is 0 Å². The first-order valence-corrected chi connectivity index (χ1v) is 5.46. The Hall–Kier alpha value is -1.09. The summed E-state index contributed by atoms with van der Waals surface area (Å²) in [7, 11) is 1.97. The first kappa shape index (κ1) is 12.0. The van der Waals surface area contributed by atoms with Gasteiger partial charge in [-0.2, -0.15) is 0 Å². The van der Waals surface area contributed by atoms with Crippen LogP contribution in [0.5, 0.6) is 5.75 Å². The highest BCUT2D eigenvalue weighted by Crippen LogP contribution is 2.12. The van der Waals surface area contributed by atoms with Crippen LogP contribution < -0.4 is 10.1 Å². The van der Waals surface area contributed by atoms with Gasteiger partial charge in [0.05, 0.1) is 12.3 Å². The highest BCUT2D eigenvalue weighted by Gasteiger charge is 2.03. The van der Waals surface area contributed by atoms with Crippen molar-refractivity contribution in [2.24, 2.45) is 0 Å². The average molecular weight is 208 g/mol. The summed E-state index contributed by atoms with van der Waals surface area (Å²) in [5, 5.41) is 3.13. The van der Waals surface area contributed by atoms with E-state index in [-0.39, 0.29) is 6.10 Å². The van der Waals surface area contributed by atoms with Gasteiger partial charge in [-0.15, -0.1) is 0 Å². The molecule has 0 bridgehead atoms. The van der Waals surface area contributed by atoms with Gasteiger partial charge in [-0.1, -0.05) is 0 Å². The van der Waals surface area contributed by atoms with Gasteiger partial charge in [-0.25, -0.2) is 0 Å². The normalized spacial score (nSPS) is 12.5. The third-order valence-corrected chi connectivity index (χ3v) is 2.26. The highest BCUT2D eigenvalue weighted by atomic mass is 16.5. The summed E-state index contributed by atoms with van der Waals surface area (Å²) < 4.78 is 5.73. The van der Waals surface area contributed by atoms with Crippen molar-refractivity contribution >= 4 is 0 Å². The summed E-state index contributed by atoms with van der Waals surface area (Å²) >= 11 is 0. The predicted molar refractivity (Wildman–Crippen MR) is 62.2 cm³/mol. The Morgan fingerprint density at radius 3 is 2.87 bits per heavy atom. The lowest BCUT2D eigenvalue weighted by Gasteiger charge is -2.14. The summed E-state index contributed by atoms with van der Waals surface area (Å²) in [6.45, 7) is 5.11. The molecule has 0 amide bonds. The largest absolute Gasteiger partial charge is 0.489 e. The van der Waals surface area contributed by atoms with Gasteiger partial charge in [0, 0.05) is 5.69 Å². The molecule has 1 unspecified atom stereocenters. The molecule has 0 saturated carbocycles. The third kappa shape index (κ3) is 4.79. The number of hydrogen-bond acceptors (Lipinski definition) is 3. The van der Waals surface area contributed by atoms with Crippen LogP contribution in [0, 0.1) is 6.92 Å². The van der Waals surface area contributed by atoms with E-state index in [0.29, 0.717) is 0 Å². The van der Waals surface area contributed by atoms with Crippen LogP contribution in [0.3, 0.4) is 0 Å². The molecule has 1 aromatic heterocycles. The molecule has 0 fully saturated rings. The molecule has 3 heteroatoms. The topological polar surface area (TPSA) is 34.1 Å². The lowest BCUT2D eigenvalue weighted by Crippen LogP contribution is -2.15. The summed E-state index contributed by atoms with van der Waals surface area (Å²) in [5.74, 6) is 0.859. The molecule has 0 aromatic carbocycles. The van der Waals surface area contributed by atoms with E-state index in [0.717, 1.165) is 30.8 Å². The van der Waals surface area contributed by atoms with E-state index in [4.69, 9.17) is 4.74 Å². The van der Waals surface area contributed by atoms with Crippen LogP contribution >= 0.6 is 0 Å². The number of hydrogen-bond donors (Lipinski definition) is 1. The van der Waals surface area contributed by atoms with Gasteiger partial charge in [0.1, 0.15) is 5.75 Å². The van der Waals surface area contributed by atoms with Gasteiger partial charge in [-0.05, 0) is 52.4 Å². The molecule has 0 saturated heterocycles. The van der Waals surface area contributed by atoms with Gasteiger partial charge in [-0.3, -0.25) is 4.98 Å². The molecular formula is C12H20N2O. The quantitative estimate of drug-likeness (QED) is 0.727. The first-order chi connectivity index (χ1) is 7.22. The van der Waals surface area contributed by atoms with Crippen LogP contribution in [-0.2, 0) is 0 Å². The fraction of sp³-hybridized carbons (Fsp3) is 0.583. The van der Waals surface area contributed by atoms with Crippen molar-refractivity contribution < 1.29 is 4.74 Å². The fourth-order valence-corrected chi connectivity index (χ4v) is 1.38. The van der Waals surface area contributed by atoms with Crippen molar-refractivity contribution in [1.82, 2.24) is 10.3 Å². The van der Waals surface area contributed by atoms with Crippen LogP contribution in [-0.4, -0.2) is 24.7 Å². The SMILES string of the molecule is CNCCCC(C)Oc1ccc(C)nc1. The lowest BCUT2D eigenvalue weighted by molar-refractivity contribution is 0.207. The molecule has 15 heavy (non-hydrogen) atoms. The van der Waals surface area contributed by atoms with Crippen LogP contribution in [0.1, 0.15) is 25.5 Å². The zero-order valence-corrected chi connectivity index (χ0v) is 9.79. The predicted octanol–water partition coefficient (Wildman–Crippen LogP) is 2.16. The molecule has 0 aliphatic carbocycles. The molecule has 1 heterocycles. The maximum atomic E-state index is 5.73. The molecule has 0 aliphatic heterocycles. The molecule has 0 radical (unpaired) electrons. The maximum Gasteiger partial charge on any atom is 0.138 e. The monoisotopic (exact) mass is 208 g/mol. The van der Waals surface area contributed by atoms with Crippen molar-refractivity contribution in [3.8, 4) is 5.75 Å². The molecule has 0 spiro atoms. The second-order valence-electron chi connectivity index (χ2n) is 3.81. The number of ether oxygens (including phenoxy) is 1. The number of nitrogens with zero attached hydrogens (tertiary/aromatic N) is 1. The van der Waals surface area contributed by atoms with E-state index in [2.05, 4.69) is 17.2 Å². The van der Waals surface area contributed by atoms with Crippen LogP contribution in [0.25, 0.3) is 0 Å². The van der Waals surface area contributed by atoms with E-state index in [1.54, 1.807) is 6.20 Å². The van der Waals surface area contributed by atoms with E-state index in [1.165, 1.54) is 0 Å². The van der Waals surface area contributed by atoms with Crippen LogP contribution in [0.15, 0.2) is 18.3 Å². The van der Waals surface area contributed by atoms with Gasteiger partial charge >= 0.3 is 0 Å². The molecule has 84 valence electrons. The van der Waals surface area contributed by atoms with Crippen molar-refractivity contribution in [2.75, 3.05) is 13.6 Å². The van der Waals surface area contributed by atoms with Crippen molar-refractivity contribution in [1.29, 1.82) is 0 Å². The van der Waals surface area contributed by atoms with Gasteiger partial charge in [0.25, 0.3) is 0 Å². The van der Waals surface area contributed by atoms with Gasteiger partial charge in [0.2, 0.25) is 0 Å². The van der Waals surface area contributed by atoms with E-state index < -0.39 is 0 Å². The van der Waals surface area contributed by atoms with Gasteiger partial charge < -0.3 is 10.1 Å². The Bertz CT molecular complexity index is 271.